The van der Waals surface area contributed by atoms with Crippen molar-refractivity contribution in [2.75, 3.05) is 5.75 Å². The van der Waals surface area contributed by atoms with E-state index in [2.05, 4.69) is 20.8 Å². The molecule has 0 fully saturated rings. The smallest absolute Gasteiger partial charge is 0.121 e. The summed E-state index contributed by atoms with van der Waals surface area (Å²) in [4.78, 5) is 0. The van der Waals surface area contributed by atoms with Gasteiger partial charge < -0.3 is 10.2 Å². The van der Waals surface area contributed by atoms with E-state index in [0.29, 0.717) is 16.9 Å². The average molecular weight is 282 g/mol. The molecule has 2 unspecified atom stereocenters. The van der Waals surface area contributed by atoms with Crippen molar-refractivity contribution in [1.82, 2.24) is 0 Å². The number of aryl methyl sites for hydroxylation is 1. The van der Waals surface area contributed by atoms with Crippen molar-refractivity contribution in [2.45, 2.75) is 51.9 Å². The van der Waals surface area contributed by atoms with Crippen LogP contribution >= 0.6 is 11.8 Å². The summed E-state index contributed by atoms with van der Waals surface area (Å²) in [5.41, 5.74) is 2.04. The van der Waals surface area contributed by atoms with E-state index >= 15 is 0 Å². The molecule has 0 amide bonds. The first kappa shape index (κ1) is 16.4. The number of hydrogen-bond donors (Lipinski definition) is 2. The Balaban J connectivity index is 2.79. The molecule has 0 aromatic heterocycles. The van der Waals surface area contributed by atoms with Gasteiger partial charge in [-0.3, -0.25) is 0 Å². The van der Waals surface area contributed by atoms with E-state index in [-0.39, 0.29) is 6.10 Å². The van der Waals surface area contributed by atoms with E-state index in [9.17, 15) is 10.2 Å². The number of rotatable bonds is 7. The molecular formula is C16H26O2S. The van der Waals surface area contributed by atoms with Gasteiger partial charge in [0.15, 0.2) is 0 Å². The molecule has 19 heavy (non-hydrogen) atoms. The van der Waals surface area contributed by atoms with Crippen LogP contribution in [0.3, 0.4) is 0 Å². The molecule has 0 aliphatic rings. The van der Waals surface area contributed by atoms with Gasteiger partial charge in [-0.25, -0.2) is 0 Å². The van der Waals surface area contributed by atoms with Gasteiger partial charge in [0.05, 0.1) is 6.10 Å². The largest absolute Gasteiger partial charge is 0.507 e. The van der Waals surface area contributed by atoms with Crippen molar-refractivity contribution >= 4 is 11.8 Å². The number of thioether (sulfide) groups is 1. The molecule has 0 radical (unpaired) electrons. The monoisotopic (exact) mass is 282 g/mol. The first-order chi connectivity index (χ1) is 8.95. The lowest BCUT2D eigenvalue weighted by atomic mass is 9.98. The Kier molecular flexibility index (Phi) is 6.73. The summed E-state index contributed by atoms with van der Waals surface area (Å²) in [5.74, 6) is 1.72. The zero-order chi connectivity index (χ0) is 14.4. The predicted molar refractivity (Wildman–Crippen MR) is 84.0 cm³/mol. The molecule has 2 nitrogen and oxygen atoms in total. The minimum absolute atomic E-state index is 0.276. The molecule has 1 rings (SSSR count). The predicted octanol–water partition coefficient (Wildman–Crippen LogP) is 3.64. The minimum Gasteiger partial charge on any atom is -0.507 e. The highest BCUT2D eigenvalue weighted by Crippen LogP contribution is 2.30. The molecule has 0 spiro atoms. The molecule has 0 saturated carbocycles. The molecule has 2 atom stereocenters. The van der Waals surface area contributed by atoms with Gasteiger partial charge in [-0.1, -0.05) is 39.0 Å². The molecule has 1 aromatic rings. The van der Waals surface area contributed by atoms with E-state index in [1.807, 2.05) is 25.1 Å². The van der Waals surface area contributed by atoms with Crippen molar-refractivity contribution in [3.05, 3.63) is 29.3 Å². The van der Waals surface area contributed by atoms with Gasteiger partial charge in [0, 0.05) is 11.0 Å². The topological polar surface area (TPSA) is 40.5 Å². The highest BCUT2D eigenvalue weighted by Gasteiger charge is 2.18. The summed E-state index contributed by atoms with van der Waals surface area (Å²) >= 11 is 1.79. The Labute approximate surface area is 121 Å². The van der Waals surface area contributed by atoms with Crippen molar-refractivity contribution in [2.24, 2.45) is 5.92 Å². The van der Waals surface area contributed by atoms with E-state index in [1.165, 1.54) is 0 Å². The Bertz CT molecular complexity index is 388. The van der Waals surface area contributed by atoms with Crippen LogP contribution in [0.2, 0.25) is 0 Å². The van der Waals surface area contributed by atoms with Crippen molar-refractivity contribution in [1.29, 1.82) is 0 Å². The number of aromatic hydroxyl groups is 1. The first-order valence-corrected chi connectivity index (χ1v) is 8.10. The quantitative estimate of drug-likeness (QED) is 0.802. The van der Waals surface area contributed by atoms with Crippen molar-refractivity contribution < 1.29 is 10.2 Å². The highest BCUT2D eigenvalue weighted by atomic mass is 32.2. The number of phenolic OH excluding ortho intramolecular Hbond substituents is 1. The lowest BCUT2D eigenvalue weighted by molar-refractivity contribution is 0.220. The fourth-order valence-corrected chi connectivity index (χ4v) is 3.27. The highest BCUT2D eigenvalue weighted by molar-refractivity contribution is 7.99. The van der Waals surface area contributed by atoms with Crippen molar-refractivity contribution in [3.63, 3.8) is 0 Å². The van der Waals surface area contributed by atoms with Crippen LogP contribution in [0.15, 0.2) is 18.2 Å². The SMILES string of the molecule is CCc1cccc(CC(SCC(C)O)C(C)C)c1O. The van der Waals surface area contributed by atoms with E-state index < -0.39 is 0 Å². The Hall–Kier alpha value is -0.670. The fraction of sp³-hybridized carbons (Fsp3) is 0.625. The van der Waals surface area contributed by atoms with Crippen LogP contribution in [0.5, 0.6) is 5.75 Å². The molecule has 3 heteroatoms. The maximum atomic E-state index is 10.2. The van der Waals surface area contributed by atoms with Crippen LogP contribution in [-0.2, 0) is 12.8 Å². The van der Waals surface area contributed by atoms with Crippen molar-refractivity contribution in [3.8, 4) is 5.75 Å². The summed E-state index contributed by atoms with van der Waals surface area (Å²) in [6, 6.07) is 6.00. The summed E-state index contributed by atoms with van der Waals surface area (Å²) in [6.07, 6.45) is 1.43. The molecule has 0 bridgehead atoms. The van der Waals surface area contributed by atoms with Gasteiger partial charge in [-0.2, -0.15) is 11.8 Å². The van der Waals surface area contributed by atoms with Crippen LogP contribution < -0.4 is 0 Å². The number of aliphatic hydroxyl groups is 1. The first-order valence-electron chi connectivity index (χ1n) is 7.05. The zero-order valence-electron chi connectivity index (χ0n) is 12.4. The third-order valence-electron chi connectivity index (χ3n) is 3.30. The van der Waals surface area contributed by atoms with Gasteiger partial charge in [-0.05, 0) is 36.8 Å². The van der Waals surface area contributed by atoms with Gasteiger partial charge >= 0.3 is 0 Å². The molecule has 1 aromatic carbocycles. The van der Waals surface area contributed by atoms with E-state index in [0.717, 1.165) is 29.7 Å². The number of benzene rings is 1. The molecule has 0 aliphatic heterocycles. The summed E-state index contributed by atoms with van der Waals surface area (Å²) < 4.78 is 0. The lowest BCUT2D eigenvalue weighted by Gasteiger charge is -2.22. The van der Waals surface area contributed by atoms with Gasteiger partial charge in [0.2, 0.25) is 0 Å². The van der Waals surface area contributed by atoms with Gasteiger partial charge in [0.1, 0.15) is 5.75 Å². The maximum Gasteiger partial charge on any atom is 0.121 e. The summed E-state index contributed by atoms with van der Waals surface area (Å²) in [5, 5.41) is 20.1. The second-order valence-electron chi connectivity index (χ2n) is 5.45. The Morgan fingerprint density at radius 3 is 2.32 bits per heavy atom. The van der Waals surface area contributed by atoms with Crippen LogP contribution in [0.1, 0.15) is 38.8 Å². The number of aliphatic hydroxyl groups excluding tert-OH is 1. The molecular weight excluding hydrogens is 256 g/mol. The molecule has 108 valence electrons. The fourth-order valence-electron chi connectivity index (χ4n) is 2.06. The third-order valence-corrected chi connectivity index (χ3v) is 5.11. The summed E-state index contributed by atoms with van der Waals surface area (Å²) in [6.45, 7) is 8.27. The van der Waals surface area contributed by atoms with Gasteiger partial charge in [-0.15, -0.1) is 0 Å². The van der Waals surface area contributed by atoms with Gasteiger partial charge in [0.25, 0.3) is 0 Å². The second kappa shape index (κ2) is 7.81. The molecule has 2 N–H and O–H groups in total. The Morgan fingerprint density at radius 2 is 1.79 bits per heavy atom. The minimum atomic E-state index is -0.276. The van der Waals surface area contributed by atoms with E-state index in [4.69, 9.17) is 0 Å². The maximum absolute atomic E-state index is 10.2. The zero-order valence-corrected chi connectivity index (χ0v) is 13.2. The Morgan fingerprint density at radius 1 is 1.16 bits per heavy atom. The average Bonchev–Trinajstić information content (AvgIpc) is 2.35. The molecule has 0 saturated heterocycles. The second-order valence-corrected chi connectivity index (χ2v) is 6.72. The van der Waals surface area contributed by atoms with Crippen LogP contribution in [-0.4, -0.2) is 27.3 Å². The third kappa shape index (κ3) is 5.07. The normalized spacial score (nSPS) is 14.6. The van der Waals surface area contributed by atoms with Crippen LogP contribution in [0.25, 0.3) is 0 Å². The lowest BCUT2D eigenvalue weighted by Crippen LogP contribution is -2.18. The number of para-hydroxylation sites is 1. The number of hydrogen-bond acceptors (Lipinski definition) is 3. The molecule has 0 heterocycles. The summed E-state index contributed by atoms with van der Waals surface area (Å²) in [7, 11) is 0. The van der Waals surface area contributed by atoms with Crippen LogP contribution in [0.4, 0.5) is 0 Å². The van der Waals surface area contributed by atoms with Crippen LogP contribution in [0, 0.1) is 5.92 Å². The molecule has 0 aliphatic carbocycles. The van der Waals surface area contributed by atoms with E-state index in [1.54, 1.807) is 11.8 Å². The number of phenols is 1. The standard InChI is InChI=1S/C16H26O2S/c1-5-13-7-6-8-14(16(13)18)9-15(11(2)3)19-10-12(4)17/h6-8,11-12,15,17-18H,5,9-10H2,1-4H3.